The molecule has 8 heteroatoms. The Labute approximate surface area is 239 Å². The highest BCUT2D eigenvalue weighted by atomic mass is 79.9. The van der Waals surface area contributed by atoms with Crippen LogP contribution in [0.25, 0.3) is 33.5 Å². The van der Waals surface area contributed by atoms with Gasteiger partial charge in [0.05, 0.1) is 17.1 Å². The maximum absolute atomic E-state index is 13.7. The van der Waals surface area contributed by atoms with Crippen molar-refractivity contribution in [2.24, 2.45) is 5.10 Å². The number of nitrogens with zero attached hydrogens (tertiary/aromatic N) is 4. The minimum Gasteiger partial charge on any atom is -0.488 e. The van der Waals surface area contributed by atoms with E-state index in [-0.39, 0.29) is 5.56 Å². The van der Waals surface area contributed by atoms with E-state index in [1.807, 2.05) is 110 Å². The van der Waals surface area contributed by atoms with Gasteiger partial charge in [-0.2, -0.15) is 9.78 Å². The molecular formula is C32H25BrN4O3. The molecule has 0 saturated heterocycles. The number of para-hydroxylation sites is 1. The van der Waals surface area contributed by atoms with Crippen molar-refractivity contribution < 1.29 is 9.15 Å². The number of halogens is 1. The van der Waals surface area contributed by atoms with Gasteiger partial charge in [-0.1, -0.05) is 58.4 Å². The van der Waals surface area contributed by atoms with Crippen LogP contribution in [0, 0.1) is 0 Å². The second kappa shape index (κ2) is 10.8. The molecule has 0 radical (unpaired) electrons. The van der Waals surface area contributed by atoms with E-state index < -0.39 is 0 Å². The van der Waals surface area contributed by atoms with E-state index in [0.29, 0.717) is 40.4 Å². The molecule has 2 aromatic heterocycles. The summed E-state index contributed by atoms with van der Waals surface area (Å²) in [6.07, 6.45) is 1.63. The predicted octanol–water partition coefficient (Wildman–Crippen LogP) is 7.10. The molecule has 0 unspecified atom stereocenters. The molecule has 6 rings (SSSR count). The number of rotatable bonds is 7. The van der Waals surface area contributed by atoms with Crippen molar-refractivity contribution in [3.8, 4) is 17.3 Å². The molecule has 2 heterocycles. The first-order chi connectivity index (χ1) is 19.5. The highest BCUT2D eigenvalue weighted by Gasteiger charge is 2.17. The van der Waals surface area contributed by atoms with Crippen LogP contribution in [0.1, 0.15) is 11.1 Å². The zero-order valence-electron chi connectivity index (χ0n) is 21.9. The molecule has 198 valence electrons. The van der Waals surface area contributed by atoms with Gasteiger partial charge in [-0.25, -0.2) is 4.98 Å². The number of hydrogen-bond acceptors (Lipinski definition) is 6. The van der Waals surface area contributed by atoms with E-state index in [1.54, 1.807) is 12.3 Å². The normalized spacial score (nSPS) is 11.5. The lowest BCUT2D eigenvalue weighted by Gasteiger charge is -2.16. The number of furan rings is 1. The van der Waals surface area contributed by atoms with Crippen molar-refractivity contribution in [3.05, 3.63) is 123 Å². The maximum Gasteiger partial charge on any atom is 0.282 e. The average Bonchev–Trinajstić information content (AvgIpc) is 3.39. The van der Waals surface area contributed by atoms with Crippen LogP contribution >= 0.6 is 15.9 Å². The third kappa shape index (κ3) is 5.13. The van der Waals surface area contributed by atoms with Gasteiger partial charge in [0.1, 0.15) is 17.9 Å². The highest BCUT2D eigenvalue weighted by molar-refractivity contribution is 9.10. The van der Waals surface area contributed by atoms with Crippen LogP contribution in [0.15, 0.2) is 116 Å². The van der Waals surface area contributed by atoms with Crippen molar-refractivity contribution in [3.63, 3.8) is 0 Å². The van der Waals surface area contributed by atoms with Crippen LogP contribution in [0.3, 0.4) is 0 Å². The van der Waals surface area contributed by atoms with Gasteiger partial charge in [-0.3, -0.25) is 4.79 Å². The summed E-state index contributed by atoms with van der Waals surface area (Å²) in [6.45, 7) is 0.399. The fourth-order valence-corrected chi connectivity index (χ4v) is 4.78. The molecule has 0 fully saturated rings. The Bertz CT molecular complexity index is 1930. The molecule has 0 aliphatic carbocycles. The maximum atomic E-state index is 13.7. The summed E-state index contributed by atoms with van der Waals surface area (Å²) < 4.78 is 14.6. The largest absolute Gasteiger partial charge is 0.488 e. The van der Waals surface area contributed by atoms with Gasteiger partial charge in [0, 0.05) is 41.3 Å². The second-order valence-corrected chi connectivity index (χ2v) is 10.4. The van der Waals surface area contributed by atoms with Crippen molar-refractivity contribution in [2.45, 2.75) is 6.61 Å². The Morgan fingerprint density at radius 1 is 0.975 bits per heavy atom. The molecule has 0 aliphatic rings. The molecule has 0 atom stereocenters. The van der Waals surface area contributed by atoms with E-state index in [2.05, 4.69) is 21.0 Å². The van der Waals surface area contributed by atoms with Crippen LogP contribution in [0.4, 0.5) is 5.69 Å². The minimum absolute atomic E-state index is 0.296. The average molecular weight is 593 g/mol. The van der Waals surface area contributed by atoms with Crippen molar-refractivity contribution in [1.82, 2.24) is 9.66 Å². The van der Waals surface area contributed by atoms with Gasteiger partial charge in [-0.05, 0) is 54.1 Å². The van der Waals surface area contributed by atoms with Crippen LogP contribution in [-0.2, 0) is 6.61 Å². The first-order valence-electron chi connectivity index (χ1n) is 12.7. The molecule has 0 aliphatic heterocycles. The van der Waals surface area contributed by atoms with Gasteiger partial charge in [0.25, 0.3) is 5.56 Å². The van der Waals surface area contributed by atoms with Crippen LogP contribution in [0.2, 0.25) is 0 Å². The van der Waals surface area contributed by atoms with E-state index >= 15 is 0 Å². The molecule has 0 bridgehead atoms. The number of anilines is 1. The van der Waals surface area contributed by atoms with Gasteiger partial charge in [-0.15, -0.1) is 0 Å². The molecule has 0 spiro atoms. The van der Waals surface area contributed by atoms with Gasteiger partial charge in [0.15, 0.2) is 5.76 Å². The fraction of sp³-hybridized carbons (Fsp3) is 0.0938. The summed E-state index contributed by atoms with van der Waals surface area (Å²) in [7, 11) is 3.95. The molecule has 7 nitrogen and oxygen atoms in total. The molecule has 0 saturated carbocycles. The highest BCUT2D eigenvalue weighted by Crippen LogP contribution is 2.30. The van der Waals surface area contributed by atoms with E-state index in [1.165, 1.54) is 4.68 Å². The Hall–Kier alpha value is -4.69. The molecule has 40 heavy (non-hydrogen) atoms. The van der Waals surface area contributed by atoms with Gasteiger partial charge >= 0.3 is 0 Å². The monoisotopic (exact) mass is 592 g/mol. The summed E-state index contributed by atoms with van der Waals surface area (Å²) in [5.41, 5.74) is 3.72. The van der Waals surface area contributed by atoms with Crippen LogP contribution in [-0.4, -0.2) is 30.0 Å². The number of aromatic nitrogens is 2. The lowest BCUT2D eigenvalue weighted by Crippen LogP contribution is -2.20. The van der Waals surface area contributed by atoms with E-state index in [4.69, 9.17) is 14.1 Å². The lowest BCUT2D eigenvalue weighted by atomic mass is 10.2. The Morgan fingerprint density at radius 2 is 1.77 bits per heavy atom. The molecule has 6 aromatic rings. The van der Waals surface area contributed by atoms with Crippen LogP contribution < -0.4 is 15.2 Å². The second-order valence-electron chi connectivity index (χ2n) is 9.50. The quantitative estimate of drug-likeness (QED) is 0.185. The molecule has 4 aromatic carbocycles. The van der Waals surface area contributed by atoms with Crippen molar-refractivity contribution in [1.29, 1.82) is 0 Å². The third-order valence-corrected chi connectivity index (χ3v) is 7.01. The summed E-state index contributed by atoms with van der Waals surface area (Å²) in [5, 5.41) is 5.99. The first-order valence-corrected chi connectivity index (χ1v) is 13.5. The zero-order valence-corrected chi connectivity index (χ0v) is 23.5. The Kier molecular flexibility index (Phi) is 6.92. The topological polar surface area (TPSA) is 72.9 Å². The minimum atomic E-state index is -0.296. The molecule has 0 N–H and O–H groups in total. The van der Waals surface area contributed by atoms with Gasteiger partial charge < -0.3 is 14.1 Å². The molecular weight excluding hydrogens is 568 g/mol. The summed E-state index contributed by atoms with van der Waals surface area (Å²) >= 11 is 3.50. The van der Waals surface area contributed by atoms with Gasteiger partial charge in [0.2, 0.25) is 5.82 Å². The number of hydrogen-bond donors (Lipinski definition) is 0. The number of ether oxygens (including phenoxy) is 1. The summed E-state index contributed by atoms with van der Waals surface area (Å²) in [6, 6.07) is 30.7. The predicted molar refractivity (Wildman–Crippen MR) is 163 cm³/mol. The third-order valence-electron chi connectivity index (χ3n) is 6.52. The lowest BCUT2D eigenvalue weighted by molar-refractivity contribution is 0.306. The molecule has 0 amide bonds. The fourth-order valence-electron chi connectivity index (χ4n) is 4.40. The van der Waals surface area contributed by atoms with Crippen molar-refractivity contribution in [2.75, 3.05) is 19.0 Å². The summed E-state index contributed by atoms with van der Waals surface area (Å²) in [4.78, 5) is 20.5. The zero-order chi connectivity index (χ0) is 27.6. The van der Waals surface area contributed by atoms with E-state index in [0.717, 1.165) is 26.7 Å². The van der Waals surface area contributed by atoms with E-state index in [9.17, 15) is 4.79 Å². The smallest absolute Gasteiger partial charge is 0.282 e. The summed E-state index contributed by atoms with van der Waals surface area (Å²) in [5.74, 6) is 1.40. The first kappa shape index (κ1) is 25.6. The standard InChI is InChI=1S/C32H25BrN4O3/c1-36(2)25-14-12-22(29(18-25)39-20-21-8-4-3-5-9-21)19-34-37-31(35-27-11-7-6-10-26(27)32(37)38)30-17-23-16-24(33)13-15-28(23)40-30/h3-19H,20H2,1-2H3. The number of fused-ring (bicyclic) bond motifs is 2. The Balaban J connectivity index is 1.46. The Morgan fingerprint density at radius 3 is 2.60 bits per heavy atom. The number of benzene rings is 4. The SMILES string of the molecule is CN(C)c1ccc(C=Nn2c(-c3cc4cc(Br)ccc4o3)nc3ccccc3c2=O)c(OCc2ccccc2)c1. The van der Waals surface area contributed by atoms with Crippen molar-refractivity contribution >= 4 is 49.7 Å². The van der Waals surface area contributed by atoms with Crippen LogP contribution in [0.5, 0.6) is 5.75 Å².